The van der Waals surface area contributed by atoms with Crippen molar-refractivity contribution >= 4 is 23.5 Å². The van der Waals surface area contributed by atoms with Crippen molar-refractivity contribution in [2.24, 2.45) is 5.92 Å². The van der Waals surface area contributed by atoms with Gasteiger partial charge in [0.15, 0.2) is 0 Å². The number of anilines is 1. The molecule has 1 aromatic rings. The van der Waals surface area contributed by atoms with Gasteiger partial charge >= 0.3 is 6.03 Å². The summed E-state index contributed by atoms with van der Waals surface area (Å²) in [5.41, 5.74) is 2.02. The highest BCUT2D eigenvalue weighted by Gasteiger charge is 2.28. The highest BCUT2D eigenvalue weighted by molar-refractivity contribution is 5.97. The minimum Gasteiger partial charge on any atom is -0.352 e. The van der Waals surface area contributed by atoms with Gasteiger partial charge in [0.1, 0.15) is 0 Å². The first-order valence-corrected chi connectivity index (χ1v) is 8.96. The van der Waals surface area contributed by atoms with Crippen LogP contribution in [0, 0.1) is 12.8 Å². The minimum absolute atomic E-state index is 0.116. The molecule has 1 fully saturated rings. The van der Waals surface area contributed by atoms with E-state index < -0.39 is 0 Å². The lowest BCUT2D eigenvalue weighted by Gasteiger charge is -2.22. The maximum Gasteiger partial charge on any atom is 0.321 e. The highest BCUT2D eigenvalue weighted by atomic mass is 16.2. The second-order valence-corrected chi connectivity index (χ2v) is 6.94. The summed E-state index contributed by atoms with van der Waals surface area (Å²) in [7, 11) is 3.49. The minimum atomic E-state index is -0.249. The molecule has 4 amide bonds. The molecule has 2 rings (SSSR count). The van der Waals surface area contributed by atoms with Gasteiger partial charge in [-0.15, -0.1) is 0 Å². The number of urea groups is 1. The Balaban J connectivity index is 1.99. The normalized spacial score (nSPS) is 16.5. The van der Waals surface area contributed by atoms with E-state index in [4.69, 9.17) is 0 Å². The van der Waals surface area contributed by atoms with Crippen LogP contribution < -0.4 is 10.6 Å². The number of hydrogen-bond donors (Lipinski definition) is 2. The molecule has 1 atom stereocenters. The zero-order valence-corrected chi connectivity index (χ0v) is 16.0. The molecule has 0 bridgehead atoms. The molecule has 0 radical (unpaired) electrons. The van der Waals surface area contributed by atoms with Gasteiger partial charge in [-0.2, -0.15) is 0 Å². The first kappa shape index (κ1) is 19.8. The molecule has 0 aliphatic carbocycles. The Morgan fingerprint density at radius 2 is 2.08 bits per heavy atom. The zero-order valence-electron chi connectivity index (χ0n) is 16.0. The van der Waals surface area contributed by atoms with Gasteiger partial charge < -0.3 is 20.4 Å². The van der Waals surface area contributed by atoms with E-state index >= 15 is 0 Å². The average molecular weight is 360 g/mol. The third-order valence-corrected chi connectivity index (χ3v) is 4.58. The SMILES string of the molecule is CCCNC(=O)c1ccc(C)c(NC(=O)N(C)C[C@H]2CC(=O)N(C)C2)c1. The Hall–Kier alpha value is -2.57. The van der Waals surface area contributed by atoms with E-state index in [1.54, 1.807) is 36.0 Å². The molecule has 1 aliphatic heterocycles. The fourth-order valence-electron chi connectivity index (χ4n) is 3.00. The lowest BCUT2D eigenvalue weighted by molar-refractivity contribution is -0.126. The predicted octanol–water partition coefficient (Wildman–Crippen LogP) is 2.08. The van der Waals surface area contributed by atoms with Crippen molar-refractivity contribution in [2.75, 3.05) is 39.0 Å². The highest BCUT2D eigenvalue weighted by Crippen LogP contribution is 2.19. The van der Waals surface area contributed by atoms with Crippen LogP contribution in [0.15, 0.2) is 18.2 Å². The topological polar surface area (TPSA) is 81.8 Å². The van der Waals surface area contributed by atoms with Crippen LogP contribution in [0.25, 0.3) is 0 Å². The predicted molar refractivity (Wildman–Crippen MR) is 101 cm³/mol. The van der Waals surface area contributed by atoms with Gasteiger partial charge in [0, 0.05) is 57.3 Å². The van der Waals surface area contributed by atoms with Gasteiger partial charge in [-0.25, -0.2) is 4.79 Å². The summed E-state index contributed by atoms with van der Waals surface area (Å²) in [5.74, 6) is 0.115. The summed E-state index contributed by atoms with van der Waals surface area (Å²) >= 11 is 0. The molecule has 7 nitrogen and oxygen atoms in total. The number of carbonyl (C=O) groups excluding carboxylic acids is 3. The molecule has 0 aromatic heterocycles. The Morgan fingerprint density at radius 1 is 1.35 bits per heavy atom. The van der Waals surface area contributed by atoms with Crippen LogP contribution in [0.3, 0.4) is 0 Å². The number of carbonyl (C=O) groups is 3. The van der Waals surface area contributed by atoms with E-state index in [1.807, 2.05) is 19.9 Å². The molecule has 1 aromatic carbocycles. The Bertz CT molecular complexity index is 689. The van der Waals surface area contributed by atoms with E-state index in [0.717, 1.165) is 12.0 Å². The smallest absolute Gasteiger partial charge is 0.321 e. The van der Waals surface area contributed by atoms with Crippen LogP contribution in [-0.2, 0) is 4.79 Å². The molecule has 1 aliphatic rings. The first-order valence-electron chi connectivity index (χ1n) is 8.96. The van der Waals surface area contributed by atoms with Gasteiger partial charge in [0.25, 0.3) is 5.91 Å². The second kappa shape index (κ2) is 8.69. The molecular formula is C19H28N4O3. The largest absolute Gasteiger partial charge is 0.352 e. The Kier molecular flexibility index (Phi) is 6.60. The number of aryl methyl sites for hydroxylation is 1. The van der Waals surface area contributed by atoms with Crippen LogP contribution in [0.5, 0.6) is 0 Å². The molecule has 2 N–H and O–H groups in total. The molecule has 0 unspecified atom stereocenters. The van der Waals surface area contributed by atoms with Gasteiger partial charge in [-0.1, -0.05) is 13.0 Å². The van der Waals surface area contributed by atoms with Gasteiger partial charge in [-0.3, -0.25) is 9.59 Å². The lowest BCUT2D eigenvalue weighted by Crippen LogP contribution is -2.36. The van der Waals surface area contributed by atoms with Crippen molar-refractivity contribution < 1.29 is 14.4 Å². The number of benzene rings is 1. The number of amides is 4. The molecule has 0 saturated carbocycles. The van der Waals surface area contributed by atoms with Gasteiger partial charge in [-0.05, 0) is 31.0 Å². The zero-order chi connectivity index (χ0) is 19.3. The number of nitrogens with zero attached hydrogens (tertiary/aromatic N) is 2. The summed E-state index contributed by atoms with van der Waals surface area (Å²) in [6.45, 7) is 5.67. The van der Waals surface area contributed by atoms with E-state index in [9.17, 15) is 14.4 Å². The van der Waals surface area contributed by atoms with Gasteiger partial charge in [0.2, 0.25) is 5.91 Å². The average Bonchev–Trinajstić information content (AvgIpc) is 2.91. The summed E-state index contributed by atoms with van der Waals surface area (Å²) < 4.78 is 0. The number of hydrogen-bond acceptors (Lipinski definition) is 3. The molecule has 0 spiro atoms. The van der Waals surface area contributed by atoms with Crippen LogP contribution in [0.1, 0.15) is 35.7 Å². The maximum atomic E-state index is 12.5. The molecule has 1 heterocycles. The van der Waals surface area contributed by atoms with E-state index in [2.05, 4.69) is 10.6 Å². The first-order chi connectivity index (χ1) is 12.3. The third-order valence-electron chi connectivity index (χ3n) is 4.58. The summed E-state index contributed by atoms with van der Waals surface area (Å²) in [5, 5.41) is 5.70. The standard InChI is InChI=1S/C19H28N4O3/c1-5-8-20-18(25)15-7-6-13(2)16(10-15)21-19(26)23(4)12-14-9-17(24)22(3)11-14/h6-7,10,14H,5,8-9,11-12H2,1-4H3,(H,20,25)(H,21,26)/t14-/m0/s1. The fourth-order valence-corrected chi connectivity index (χ4v) is 3.00. The Labute approximate surface area is 154 Å². The van der Waals surface area contributed by atoms with Crippen molar-refractivity contribution in [2.45, 2.75) is 26.7 Å². The summed E-state index contributed by atoms with van der Waals surface area (Å²) in [4.78, 5) is 39.5. The number of rotatable bonds is 6. The van der Waals surface area contributed by atoms with Crippen molar-refractivity contribution in [3.05, 3.63) is 29.3 Å². The van der Waals surface area contributed by atoms with E-state index in [1.165, 1.54) is 0 Å². The van der Waals surface area contributed by atoms with Crippen molar-refractivity contribution in [1.29, 1.82) is 0 Å². The van der Waals surface area contributed by atoms with Crippen LogP contribution in [0.2, 0.25) is 0 Å². The van der Waals surface area contributed by atoms with Crippen molar-refractivity contribution in [3.63, 3.8) is 0 Å². The van der Waals surface area contributed by atoms with Crippen molar-refractivity contribution in [3.8, 4) is 0 Å². The Morgan fingerprint density at radius 3 is 2.69 bits per heavy atom. The molecule has 1 saturated heterocycles. The summed E-state index contributed by atoms with van der Waals surface area (Å²) in [6, 6.07) is 5.01. The number of nitrogens with one attached hydrogen (secondary N) is 2. The van der Waals surface area contributed by atoms with Crippen LogP contribution in [-0.4, -0.2) is 61.4 Å². The maximum absolute atomic E-state index is 12.5. The summed E-state index contributed by atoms with van der Waals surface area (Å²) in [6.07, 6.45) is 1.34. The number of likely N-dealkylation sites (tertiary alicyclic amines) is 1. The third kappa shape index (κ3) is 4.97. The lowest BCUT2D eigenvalue weighted by atomic mass is 10.1. The van der Waals surface area contributed by atoms with Crippen LogP contribution in [0.4, 0.5) is 10.5 Å². The fraction of sp³-hybridized carbons (Fsp3) is 0.526. The van der Waals surface area contributed by atoms with Crippen LogP contribution >= 0.6 is 0 Å². The van der Waals surface area contributed by atoms with Gasteiger partial charge in [0.05, 0.1) is 0 Å². The quantitative estimate of drug-likeness (QED) is 0.815. The monoisotopic (exact) mass is 360 g/mol. The van der Waals surface area contributed by atoms with Crippen molar-refractivity contribution in [1.82, 2.24) is 15.1 Å². The van der Waals surface area contributed by atoms with E-state index in [-0.39, 0.29) is 23.8 Å². The molecule has 7 heteroatoms. The molecule has 26 heavy (non-hydrogen) atoms. The van der Waals surface area contributed by atoms with E-state index in [0.29, 0.717) is 37.3 Å². The molecular weight excluding hydrogens is 332 g/mol. The molecule has 142 valence electrons. The second-order valence-electron chi connectivity index (χ2n) is 6.94.